The van der Waals surface area contributed by atoms with E-state index >= 15 is 0 Å². The van der Waals surface area contributed by atoms with Gasteiger partial charge in [-0.15, -0.1) is 10.2 Å². The van der Waals surface area contributed by atoms with E-state index in [0.717, 1.165) is 35.4 Å². The van der Waals surface area contributed by atoms with Gasteiger partial charge < -0.3 is 19.3 Å². The van der Waals surface area contributed by atoms with Crippen LogP contribution in [-0.2, 0) is 4.74 Å². The molecule has 1 aromatic carbocycles. The fraction of sp³-hybridized carbons (Fsp3) is 0.500. The minimum atomic E-state index is -0.438. The normalized spacial score (nSPS) is 12.5. The number of rotatable bonds is 7. The molecule has 2 aromatic heterocycles. The van der Waals surface area contributed by atoms with Gasteiger partial charge in [0.15, 0.2) is 0 Å². The topological polar surface area (TPSA) is 105 Å². The summed E-state index contributed by atoms with van der Waals surface area (Å²) in [5.74, 6) is 1.92. The van der Waals surface area contributed by atoms with Crippen molar-refractivity contribution < 1.29 is 24.3 Å². The van der Waals surface area contributed by atoms with Crippen molar-refractivity contribution in [3.63, 3.8) is 0 Å². The molecule has 0 bridgehead atoms. The minimum Gasteiger partial charge on any atom is -0.497 e. The van der Waals surface area contributed by atoms with Crippen molar-refractivity contribution >= 4 is 22.8 Å². The maximum Gasteiger partial charge on any atom is 0.545 e. The number of aliphatic hydroxyl groups excluding tert-OH is 1. The van der Waals surface area contributed by atoms with Gasteiger partial charge in [-0.25, -0.2) is 4.98 Å². The molecule has 0 unspecified atom stereocenters. The summed E-state index contributed by atoms with van der Waals surface area (Å²) in [7, 11) is 1.62. The van der Waals surface area contributed by atoms with E-state index in [9.17, 15) is 5.11 Å². The van der Waals surface area contributed by atoms with Gasteiger partial charge in [-0.3, -0.25) is 4.40 Å². The standard InChI is InChI=1S/C20H27N5O4/c1-13-23-24-17-18(22-15-12-14(27-5)8-9-16(15)25(13)17)28-11-7-6-10-21-19(26)29-20(2,3)4/h8-9,12H,6-7,10-11H2,1-5H3,(H,21,26)/p+1. The van der Waals surface area contributed by atoms with Gasteiger partial charge in [-0.05, 0) is 46.2 Å². The molecular formula is C20H28N5O4+. The zero-order valence-corrected chi connectivity index (χ0v) is 17.5. The van der Waals surface area contributed by atoms with Gasteiger partial charge in [0.1, 0.15) is 23.7 Å². The fourth-order valence-electron chi connectivity index (χ4n) is 2.87. The largest absolute Gasteiger partial charge is 0.545 e. The highest BCUT2D eigenvalue weighted by atomic mass is 16.6. The maximum atomic E-state index is 9.70. The Morgan fingerprint density at radius 3 is 2.72 bits per heavy atom. The van der Waals surface area contributed by atoms with Gasteiger partial charge in [0, 0.05) is 12.5 Å². The van der Waals surface area contributed by atoms with E-state index in [2.05, 4.69) is 20.2 Å². The van der Waals surface area contributed by atoms with Crippen LogP contribution in [0, 0.1) is 6.92 Å². The van der Waals surface area contributed by atoms with Crippen LogP contribution in [0.1, 0.15) is 39.4 Å². The summed E-state index contributed by atoms with van der Waals surface area (Å²) in [6.45, 7) is 8.55. The first-order valence-electron chi connectivity index (χ1n) is 9.59. The Hall–Kier alpha value is -3.10. The minimum absolute atomic E-state index is 0.163. The fourth-order valence-corrected chi connectivity index (χ4v) is 2.87. The van der Waals surface area contributed by atoms with Crippen LogP contribution >= 0.6 is 0 Å². The molecule has 0 aliphatic carbocycles. The quantitative estimate of drug-likeness (QED) is 0.351. The van der Waals surface area contributed by atoms with Gasteiger partial charge in [0.05, 0.1) is 24.8 Å². The monoisotopic (exact) mass is 402 g/mol. The Labute approximate surface area is 169 Å². The molecule has 0 amide bonds. The van der Waals surface area contributed by atoms with Crippen LogP contribution in [-0.4, -0.2) is 56.6 Å². The lowest BCUT2D eigenvalue weighted by Gasteiger charge is -2.15. The summed E-state index contributed by atoms with van der Waals surface area (Å²) in [4.78, 5) is 7.45. The van der Waals surface area contributed by atoms with Crippen molar-refractivity contribution in [3.8, 4) is 11.6 Å². The molecule has 9 heteroatoms. The van der Waals surface area contributed by atoms with Gasteiger partial charge in [-0.2, -0.15) is 4.99 Å². The second-order valence-corrected chi connectivity index (χ2v) is 7.68. The molecule has 0 fully saturated rings. The smallest absolute Gasteiger partial charge is 0.497 e. The third-order valence-corrected chi connectivity index (χ3v) is 4.15. The van der Waals surface area contributed by atoms with Gasteiger partial charge in [-0.1, -0.05) is 0 Å². The number of nitrogens with zero attached hydrogens (tertiary/aromatic N) is 4. The first-order chi connectivity index (χ1) is 13.8. The summed E-state index contributed by atoms with van der Waals surface area (Å²) >= 11 is 0. The van der Waals surface area contributed by atoms with Crippen LogP contribution in [0.5, 0.6) is 11.6 Å². The number of hydrogen-bond donors (Lipinski definition) is 2. The highest BCUT2D eigenvalue weighted by Gasteiger charge is 2.17. The van der Waals surface area contributed by atoms with E-state index in [1.807, 2.05) is 50.3 Å². The summed E-state index contributed by atoms with van der Waals surface area (Å²) in [6, 6.07) is 5.67. The van der Waals surface area contributed by atoms with Gasteiger partial charge >= 0.3 is 6.08 Å². The molecule has 29 heavy (non-hydrogen) atoms. The van der Waals surface area contributed by atoms with Crippen LogP contribution in [0.15, 0.2) is 18.2 Å². The van der Waals surface area contributed by atoms with Crippen molar-refractivity contribution in [2.24, 2.45) is 0 Å². The average molecular weight is 402 g/mol. The van der Waals surface area contributed by atoms with Crippen molar-refractivity contribution in [2.45, 2.75) is 46.1 Å². The molecular weight excluding hydrogens is 374 g/mol. The first kappa shape index (κ1) is 20.6. The molecule has 3 aromatic rings. The van der Waals surface area contributed by atoms with Crippen LogP contribution in [0.4, 0.5) is 0 Å². The Kier molecular flexibility index (Phi) is 6.05. The molecule has 0 aliphatic rings. The Morgan fingerprint density at radius 2 is 2.00 bits per heavy atom. The van der Waals surface area contributed by atoms with Crippen LogP contribution < -0.4 is 14.5 Å². The lowest BCUT2D eigenvalue weighted by atomic mass is 10.2. The summed E-state index contributed by atoms with van der Waals surface area (Å²) in [5.41, 5.74) is 1.79. The third-order valence-electron chi connectivity index (χ3n) is 4.15. The molecule has 9 nitrogen and oxygen atoms in total. The van der Waals surface area contributed by atoms with Crippen molar-refractivity contribution in [1.29, 1.82) is 0 Å². The SMILES string of the molecule is COc1ccc2c(c1)nc(OCCCC[NH+]=C(O)OC(C)(C)C)c1nnc(C)n12. The number of benzene rings is 1. The number of aliphatic hydroxyl groups is 1. The van der Waals surface area contributed by atoms with Crippen molar-refractivity contribution in [1.82, 2.24) is 19.6 Å². The van der Waals surface area contributed by atoms with E-state index < -0.39 is 5.60 Å². The number of fused-ring (bicyclic) bond motifs is 3. The highest BCUT2D eigenvalue weighted by molar-refractivity contribution is 5.81. The van der Waals surface area contributed by atoms with Crippen LogP contribution in [0.3, 0.4) is 0 Å². The number of hydrogen-bond acceptors (Lipinski definition) is 6. The molecule has 2 N–H and O–H groups in total. The first-order valence-corrected chi connectivity index (χ1v) is 9.59. The molecule has 156 valence electrons. The zero-order valence-electron chi connectivity index (χ0n) is 17.5. The van der Waals surface area contributed by atoms with E-state index in [1.165, 1.54) is 0 Å². The molecule has 0 saturated heterocycles. The number of aryl methyl sites for hydroxylation is 1. The van der Waals surface area contributed by atoms with Crippen molar-refractivity contribution in [2.75, 3.05) is 20.3 Å². The molecule has 0 atom stereocenters. The molecule has 0 spiro atoms. The van der Waals surface area contributed by atoms with Gasteiger partial charge in [0.2, 0.25) is 5.65 Å². The summed E-state index contributed by atoms with van der Waals surface area (Å²) in [6.07, 6.45) is 1.40. The molecule has 0 aliphatic heterocycles. The number of unbranched alkanes of at least 4 members (excludes halogenated alkanes) is 1. The molecule has 0 saturated carbocycles. The number of methoxy groups -OCH3 is 1. The Morgan fingerprint density at radius 1 is 1.21 bits per heavy atom. The predicted molar refractivity (Wildman–Crippen MR) is 109 cm³/mol. The number of nitrogens with one attached hydrogen (secondary N) is 1. The van der Waals surface area contributed by atoms with E-state index in [1.54, 1.807) is 7.11 Å². The second-order valence-electron chi connectivity index (χ2n) is 7.68. The average Bonchev–Trinajstić information content (AvgIpc) is 3.04. The lowest BCUT2D eigenvalue weighted by Crippen LogP contribution is -2.74. The van der Waals surface area contributed by atoms with Crippen LogP contribution in [0.25, 0.3) is 16.7 Å². The Bertz CT molecular complexity index is 1020. The number of aromatic nitrogens is 4. The van der Waals surface area contributed by atoms with E-state index in [4.69, 9.17) is 14.2 Å². The zero-order chi connectivity index (χ0) is 21.0. The van der Waals surface area contributed by atoms with E-state index in [-0.39, 0.29) is 6.08 Å². The second kappa shape index (κ2) is 8.50. The summed E-state index contributed by atoms with van der Waals surface area (Å²) < 4.78 is 18.4. The lowest BCUT2D eigenvalue weighted by molar-refractivity contribution is -0.481. The van der Waals surface area contributed by atoms with Crippen molar-refractivity contribution in [3.05, 3.63) is 24.0 Å². The molecule has 0 radical (unpaired) electrons. The molecule has 3 rings (SSSR count). The summed E-state index contributed by atoms with van der Waals surface area (Å²) in [5, 5.41) is 18.1. The van der Waals surface area contributed by atoms with Gasteiger partial charge in [0.25, 0.3) is 5.88 Å². The third kappa shape index (κ3) is 5.04. The number of ether oxygens (including phenoxy) is 3. The predicted octanol–water partition coefficient (Wildman–Crippen LogP) is 1.56. The molecule has 2 heterocycles. The van der Waals surface area contributed by atoms with E-state index in [0.29, 0.717) is 24.7 Å². The highest BCUT2D eigenvalue weighted by Crippen LogP contribution is 2.26. The van der Waals surface area contributed by atoms with Crippen LogP contribution in [0.2, 0.25) is 0 Å². The maximum absolute atomic E-state index is 9.70. The Balaban J connectivity index is 1.66.